The number of nitrogens with one attached hydrogen (secondary N) is 1. The van der Waals surface area contributed by atoms with Crippen molar-refractivity contribution < 1.29 is 27.9 Å². The summed E-state index contributed by atoms with van der Waals surface area (Å²) in [6, 6.07) is -0.0369. The van der Waals surface area contributed by atoms with Gasteiger partial charge in [0.25, 0.3) is 0 Å². The van der Waals surface area contributed by atoms with E-state index in [-0.39, 0.29) is 23.6 Å². The highest BCUT2D eigenvalue weighted by Gasteiger charge is 2.27. The average Bonchev–Trinajstić information content (AvgIpc) is 2.86. The number of unbranched alkanes of at least 4 members (excludes halogenated alkanes) is 1. The second-order valence-electron chi connectivity index (χ2n) is 5.05. The van der Waals surface area contributed by atoms with Gasteiger partial charge in [0.2, 0.25) is 10.0 Å². The van der Waals surface area contributed by atoms with Crippen LogP contribution in [-0.4, -0.2) is 42.7 Å². The molecule has 0 aromatic carbocycles. The molecule has 0 aliphatic rings. The lowest BCUT2D eigenvalue weighted by molar-refractivity contribution is -0.139. The smallest absolute Gasteiger partial charge is 0.354 e. The number of carbonyl (C=O) groups excluding carboxylic acids is 1. The number of rotatable bonds is 9. The second kappa shape index (κ2) is 8.11. The van der Waals surface area contributed by atoms with Gasteiger partial charge in [0, 0.05) is 13.2 Å². The number of esters is 1. The van der Waals surface area contributed by atoms with Gasteiger partial charge in [-0.05, 0) is 19.4 Å². The number of carbonyl (C=O) groups is 2. The fourth-order valence-corrected chi connectivity index (χ4v) is 3.28. The van der Waals surface area contributed by atoms with Gasteiger partial charge in [0.15, 0.2) is 0 Å². The third kappa shape index (κ3) is 5.07. The largest absolute Gasteiger partial charge is 0.480 e. The minimum atomic E-state index is -4.04. The summed E-state index contributed by atoms with van der Waals surface area (Å²) in [5.41, 5.74) is 0.0765. The van der Waals surface area contributed by atoms with E-state index in [1.165, 1.54) is 23.9 Å². The number of hydrogen-bond acceptors (Lipinski definition) is 5. The Bertz CT molecular complexity index is 665. The van der Waals surface area contributed by atoms with E-state index in [0.29, 0.717) is 6.42 Å². The Morgan fingerprint density at radius 2 is 2.04 bits per heavy atom. The van der Waals surface area contributed by atoms with Crippen molar-refractivity contribution >= 4 is 22.0 Å². The van der Waals surface area contributed by atoms with E-state index >= 15 is 0 Å². The molecular weight excluding hydrogens is 324 g/mol. The summed E-state index contributed by atoms with van der Waals surface area (Å²) in [7, 11) is -2.53. The number of carboxylic acid groups (broad SMARTS) is 1. The molecule has 0 fully saturated rings. The molecule has 0 bridgehead atoms. The Morgan fingerprint density at radius 3 is 2.57 bits per heavy atom. The maximum Gasteiger partial charge on any atom is 0.354 e. The number of aryl methyl sites for hydroxylation is 1. The van der Waals surface area contributed by atoms with E-state index in [4.69, 9.17) is 9.84 Å². The van der Waals surface area contributed by atoms with Crippen LogP contribution in [0.15, 0.2) is 17.2 Å². The minimum absolute atomic E-state index is 0.0765. The first-order valence-electron chi connectivity index (χ1n) is 7.31. The van der Waals surface area contributed by atoms with Crippen molar-refractivity contribution in [1.29, 1.82) is 0 Å². The molecule has 9 heteroatoms. The summed E-state index contributed by atoms with van der Waals surface area (Å²) in [5, 5.41) is 9.12. The van der Waals surface area contributed by atoms with Crippen LogP contribution < -0.4 is 4.72 Å². The Morgan fingerprint density at radius 1 is 1.39 bits per heavy atom. The first kappa shape index (κ1) is 19.2. The number of aromatic nitrogens is 1. The Kier molecular flexibility index (Phi) is 6.77. The van der Waals surface area contributed by atoms with Crippen molar-refractivity contribution in [1.82, 2.24) is 9.29 Å². The second-order valence-corrected chi connectivity index (χ2v) is 6.76. The van der Waals surface area contributed by atoms with E-state index in [1.807, 2.05) is 6.92 Å². The fourth-order valence-electron chi connectivity index (χ4n) is 1.99. The highest BCUT2D eigenvalue weighted by atomic mass is 32.2. The van der Waals surface area contributed by atoms with Crippen LogP contribution in [0, 0.1) is 0 Å². The van der Waals surface area contributed by atoms with E-state index in [0.717, 1.165) is 6.42 Å². The molecule has 2 N–H and O–H groups in total. The molecule has 1 rings (SSSR count). The lowest BCUT2D eigenvalue weighted by Gasteiger charge is -2.13. The molecule has 23 heavy (non-hydrogen) atoms. The van der Waals surface area contributed by atoms with Crippen LogP contribution in [0.25, 0.3) is 0 Å². The van der Waals surface area contributed by atoms with Gasteiger partial charge in [-0.2, -0.15) is 4.72 Å². The molecule has 0 aliphatic carbocycles. The molecule has 1 aromatic rings. The maximum atomic E-state index is 12.3. The zero-order valence-corrected chi connectivity index (χ0v) is 14.2. The van der Waals surface area contributed by atoms with Crippen LogP contribution in [-0.2, 0) is 26.6 Å². The first-order chi connectivity index (χ1) is 10.7. The van der Waals surface area contributed by atoms with Gasteiger partial charge in [0.1, 0.15) is 16.6 Å². The van der Waals surface area contributed by atoms with Gasteiger partial charge < -0.3 is 14.4 Å². The van der Waals surface area contributed by atoms with Gasteiger partial charge in [-0.3, -0.25) is 4.79 Å². The standard InChI is InChI=1S/C14H22N2O6S/c1-4-6-7-11(13(17)18)15-23(20,21)10-8-12(16(3)9-10)14(19)22-5-2/h8-9,11,15H,4-7H2,1-3H3,(H,17,18). The lowest BCUT2D eigenvalue weighted by Crippen LogP contribution is -2.40. The van der Waals surface area contributed by atoms with Crippen LogP contribution in [0.2, 0.25) is 0 Å². The van der Waals surface area contributed by atoms with Crippen LogP contribution in [0.3, 0.4) is 0 Å². The van der Waals surface area contributed by atoms with Crippen molar-refractivity contribution in [2.45, 2.75) is 44.0 Å². The minimum Gasteiger partial charge on any atom is -0.480 e. The predicted molar refractivity (Wildman–Crippen MR) is 82.6 cm³/mol. The zero-order chi connectivity index (χ0) is 17.6. The molecule has 1 heterocycles. The third-order valence-corrected chi connectivity index (χ3v) is 4.66. The maximum absolute atomic E-state index is 12.3. The summed E-state index contributed by atoms with van der Waals surface area (Å²) < 4.78 is 33.0. The number of nitrogens with zero attached hydrogens (tertiary/aromatic N) is 1. The predicted octanol–water partition coefficient (Wildman–Crippen LogP) is 1.12. The number of sulfonamides is 1. The van der Waals surface area contributed by atoms with Crippen LogP contribution in [0.5, 0.6) is 0 Å². The first-order valence-corrected chi connectivity index (χ1v) is 8.79. The monoisotopic (exact) mass is 346 g/mol. The highest BCUT2D eigenvalue weighted by molar-refractivity contribution is 7.89. The highest BCUT2D eigenvalue weighted by Crippen LogP contribution is 2.16. The fraction of sp³-hybridized carbons (Fsp3) is 0.571. The normalized spacial score (nSPS) is 12.8. The van der Waals surface area contributed by atoms with Crippen LogP contribution in [0.4, 0.5) is 0 Å². The molecule has 1 atom stereocenters. The molecule has 0 amide bonds. The Hall–Kier alpha value is -1.87. The van der Waals surface area contributed by atoms with Crippen molar-refractivity contribution in [3.05, 3.63) is 18.0 Å². The summed E-state index contributed by atoms with van der Waals surface area (Å²) in [6.45, 7) is 3.70. The average molecular weight is 346 g/mol. The van der Waals surface area contributed by atoms with E-state index < -0.39 is 28.0 Å². The number of ether oxygens (including phenoxy) is 1. The van der Waals surface area contributed by atoms with E-state index in [9.17, 15) is 18.0 Å². The molecule has 1 aromatic heterocycles. The summed E-state index contributed by atoms with van der Waals surface area (Å²) in [5.74, 6) is -1.87. The lowest BCUT2D eigenvalue weighted by atomic mass is 10.1. The molecule has 8 nitrogen and oxygen atoms in total. The van der Waals surface area contributed by atoms with Crippen molar-refractivity contribution in [3.8, 4) is 0 Å². The quantitative estimate of drug-likeness (QED) is 0.648. The van der Waals surface area contributed by atoms with Crippen molar-refractivity contribution in [2.24, 2.45) is 7.05 Å². The Labute approximate surface area is 135 Å². The summed E-state index contributed by atoms with van der Waals surface area (Å²) in [6.07, 6.45) is 2.78. The van der Waals surface area contributed by atoms with Crippen molar-refractivity contribution in [3.63, 3.8) is 0 Å². The molecule has 0 spiro atoms. The van der Waals surface area contributed by atoms with Gasteiger partial charge in [-0.1, -0.05) is 19.8 Å². The molecular formula is C14H22N2O6S. The topological polar surface area (TPSA) is 115 Å². The van der Waals surface area contributed by atoms with Crippen LogP contribution in [0.1, 0.15) is 43.6 Å². The molecule has 0 saturated carbocycles. The SMILES string of the molecule is CCCCC(NS(=O)(=O)c1cc(C(=O)OCC)n(C)c1)C(=O)O. The zero-order valence-electron chi connectivity index (χ0n) is 13.4. The number of aliphatic carboxylic acids is 1. The number of carboxylic acids is 1. The molecule has 1 unspecified atom stereocenters. The van der Waals surface area contributed by atoms with Crippen LogP contribution >= 0.6 is 0 Å². The molecule has 0 radical (unpaired) electrons. The van der Waals surface area contributed by atoms with Gasteiger partial charge in [-0.15, -0.1) is 0 Å². The van der Waals surface area contributed by atoms with Gasteiger partial charge in [0.05, 0.1) is 6.61 Å². The van der Waals surface area contributed by atoms with Crippen molar-refractivity contribution in [2.75, 3.05) is 6.61 Å². The van der Waals surface area contributed by atoms with Gasteiger partial charge in [-0.25, -0.2) is 13.2 Å². The Balaban J connectivity index is 3.01. The summed E-state index contributed by atoms with van der Waals surface area (Å²) >= 11 is 0. The molecule has 0 saturated heterocycles. The summed E-state index contributed by atoms with van der Waals surface area (Å²) in [4.78, 5) is 22.7. The molecule has 130 valence electrons. The third-order valence-electron chi connectivity index (χ3n) is 3.22. The number of hydrogen-bond donors (Lipinski definition) is 2. The molecule has 0 aliphatic heterocycles. The van der Waals surface area contributed by atoms with E-state index in [2.05, 4.69) is 4.72 Å². The van der Waals surface area contributed by atoms with Gasteiger partial charge >= 0.3 is 11.9 Å². The van der Waals surface area contributed by atoms with E-state index in [1.54, 1.807) is 6.92 Å².